The fraction of sp³-hybridized carbons (Fsp3) is 0.158. The number of anilines is 1. The molecule has 158 valence electrons. The number of aromatic nitrogens is 1. The van der Waals surface area contributed by atoms with E-state index in [1.807, 2.05) is 6.26 Å². The number of nitrogens with zero attached hydrogens (tertiary/aromatic N) is 1. The Morgan fingerprint density at radius 2 is 2.00 bits per heavy atom. The second kappa shape index (κ2) is 8.94. The Hall–Kier alpha value is -2.76. The van der Waals surface area contributed by atoms with Crippen molar-refractivity contribution in [2.75, 3.05) is 25.2 Å². The first-order chi connectivity index (χ1) is 14.3. The van der Waals surface area contributed by atoms with E-state index in [9.17, 15) is 13.2 Å². The molecule has 0 amide bonds. The van der Waals surface area contributed by atoms with E-state index in [0.29, 0.717) is 11.3 Å². The lowest BCUT2D eigenvalue weighted by molar-refractivity contribution is -0.131. The summed E-state index contributed by atoms with van der Waals surface area (Å²) in [5.74, 6) is -0.983. The van der Waals surface area contributed by atoms with E-state index in [1.165, 1.54) is 55.5 Å². The molecular formula is C19H18N2O6S3. The smallest absolute Gasteiger partial charge is 0.328 e. The molecule has 0 saturated carbocycles. The minimum absolute atomic E-state index is 0.0148. The van der Waals surface area contributed by atoms with E-state index < -0.39 is 16.0 Å². The van der Waals surface area contributed by atoms with Crippen LogP contribution in [0.3, 0.4) is 0 Å². The van der Waals surface area contributed by atoms with Crippen LogP contribution in [0.15, 0.2) is 45.6 Å². The van der Waals surface area contributed by atoms with Gasteiger partial charge in [0.25, 0.3) is 10.0 Å². The summed E-state index contributed by atoms with van der Waals surface area (Å²) in [6.45, 7) is 0. The van der Waals surface area contributed by atoms with Gasteiger partial charge in [0, 0.05) is 6.08 Å². The highest BCUT2D eigenvalue weighted by Crippen LogP contribution is 2.37. The van der Waals surface area contributed by atoms with Crippen LogP contribution in [0.4, 0.5) is 5.69 Å². The number of hydrogen-bond donors (Lipinski definition) is 2. The number of benzene rings is 2. The molecule has 0 unspecified atom stereocenters. The Balaban J connectivity index is 2.05. The number of nitrogens with one attached hydrogen (secondary N) is 1. The average Bonchev–Trinajstić information content (AvgIpc) is 3.13. The SMILES string of the molecule is COc1cc(/C=C/C(=O)O)cc(S(=O)(=O)Nc2ccc3nc(SC)sc3c2)c1OC. The van der Waals surface area contributed by atoms with E-state index in [2.05, 4.69) is 9.71 Å². The number of aliphatic carboxylic acids is 1. The van der Waals surface area contributed by atoms with Gasteiger partial charge in [0.15, 0.2) is 15.8 Å². The maximum Gasteiger partial charge on any atom is 0.328 e. The number of fused-ring (bicyclic) bond motifs is 1. The molecule has 0 saturated heterocycles. The molecule has 0 radical (unpaired) electrons. The first-order valence-electron chi connectivity index (χ1n) is 8.42. The van der Waals surface area contributed by atoms with Crippen LogP contribution in [0.2, 0.25) is 0 Å². The molecule has 0 atom stereocenters. The molecule has 0 bridgehead atoms. The average molecular weight is 467 g/mol. The quantitative estimate of drug-likeness (QED) is 0.379. The van der Waals surface area contributed by atoms with E-state index in [0.717, 1.165) is 20.6 Å². The summed E-state index contributed by atoms with van der Waals surface area (Å²) in [5, 5.41) is 8.85. The molecule has 0 fully saturated rings. The Bertz CT molecular complexity index is 1230. The molecule has 3 rings (SSSR count). The number of thiazole rings is 1. The van der Waals surface area contributed by atoms with Crippen LogP contribution in [-0.2, 0) is 14.8 Å². The highest BCUT2D eigenvalue weighted by molar-refractivity contribution is 8.00. The summed E-state index contributed by atoms with van der Waals surface area (Å²) in [5.41, 5.74) is 1.48. The van der Waals surface area contributed by atoms with Gasteiger partial charge >= 0.3 is 5.97 Å². The molecule has 1 heterocycles. The first-order valence-corrected chi connectivity index (χ1v) is 11.9. The summed E-state index contributed by atoms with van der Waals surface area (Å²) in [6, 6.07) is 7.89. The molecule has 11 heteroatoms. The number of hydrogen-bond acceptors (Lipinski definition) is 8. The highest BCUT2D eigenvalue weighted by Gasteiger charge is 2.24. The molecule has 1 aromatic heterocycles. The maximum atomic E-state index is 13.1. The molecule has 0 aliphatic heterocycles. The van der Waals surface area contributed by atoms with Crippen LogP contribution in [0.1, 0.15) is 5.56 Å². The zero-order valence-electron chi connectivity index (χ0n) is 16.2. The zero-order valence-corrected chi connectivity index (χ0v) is 18.7. The van der Waals surface area contributed by atoms with E-state index in [4.69, 9.17) is 14.6 Å². The summed E-state index contributed by atoms with van der Waals surface area (Å²) in [4.78, 5) is 15.1. The fourth-order valence-corrected chi connectivity index (χ4v) is 5.47. The third-order valence-electron chi connectivity index (χ3n) is 3.97. The second-order valence-corrected chi connectivity index (χ2v) is 9.63. The number of carbonyl (C=O) groups is 1. The van der Waals surface area contributed by atoms with Crippen molar-refractivity contribution in [2.24, 2.45) is 0 Å². The monoisotopic (exact) mass is 466 g/mol. The van der Waals surface area contributed by atoms with Gasteiger partial charge in [-0.05, 0) is 48.2 Å². The number of thioether (sulfide) groups is 1. The minimum Gasteiger partial charge on any atom is -0.493 e. The lowest BCUT2D eigenvalue weighted by Crippen LogP contribution is -2.14. The van der Waals surface area contributed by atoms with Gasteiger partial charge in [-0.25, -0.2) is 18.2 Å². The van der Waals surface area contributed by atoms with Crippen molar-refractivity contribution >= 4 is 61.1 Å². The van der Waals surface area contributed by atoms with Crippen molar-refractivity contribution in [2.45, 2.75) is 9.24 Å². The first kappa shape index (κ1) is 21.9. The fourth-order valence-electron chi connectivity index (χ4n) is 2.68. The normalized spacial score (nSPS) is 11.7. The Labute approximate surface area is 181 Å². The van der Waals surface area contributed by atoms with Gasteiger partial charge in [0.1, 0.15) is 4.90 Å². The molecular weight excluding hydrogens is 448 g/mol. The van der Waals surface area contributed by atoms with Gasteiger partial charge in [0.05, 0.1) is 30.1 Å². The maximum absolute atomic E-state index is 13.1. The predicted molar refractivity (Wildman–Crippen MR) is 118 cm³/mol. The van der Waals surface area contributed by atoms with Gasteiger partial charge in [0.2, 0.25) is 0 Å². The van der Waals surface area contributed by atoms with Gasteiger partial charge in [-0.2, -0.15) is 0 Å². The van der Waals surface area contributed by atoms with Crippen LogP contribution in [0.5, 0.6) is 11.5 Å². The van der Waals surface area contributed by atoms with Crippen LogP contribution in [0.25, 0.3) is 16.3 Å². The number of methoxy groups -OCH3 is 2. The lowest BCUT2D eigenvalue weighted by Gasteiger charge is -2.15. The Morgan fingerprint density at radius 1 is 1.23 bits per heavy atom. The summed E-state index contributed by atoms with van der Waals surface area (Å²) >= 11 is 2.98. The van der Waals surface area contributed by atoms with Crippen LogP contribution in [0, 0.1) is 0 Å². The highest BCUT2D eigenvalue weighted by atomic mass is 32.2. The van der Waals surface area contributed by atoms with Crippen molar-refractivity contribution < 1.29 is 27.8 Å². The Kier molecular flexibility index (Phi) is 6.54. The molecule has 8 nitrogen and oxygen atoms in total. The third kappa shape index (κ3) is 4.69. The van der Waals surface area contributed by atoms with E-state index in [1.54, 1.807) is 18.2 Å². The van der Waals surface area contributed by atoms with Crippen molar-refractivity contribution in [3.05, 3.63) is 42.0 Å². The molecule has 3 aromatic rings. The number of ether oxygens (including phenoxy) is 2. The molecule has 0 aliphatic rings. The molecule has 2 N–H and O–H groups in total. The van der Waals surface area contributed by atoms with Gasteiger partial charge in [-0.1, -0.05) is 11.8 Å². The van der Waals surface area contributed by atoms with E-state index >= 15 is 0 Å². The third-order valence-corrected chi connectivity index (χ3v) is 7.36. The summed E-state index contributed by atoms with van der Waals surface area (Å²) in [7, 11) is -1.38. The summed E-state index contributed by atoms with van der Waals surface area (Å²) < 4.78 is 41.0. The van der Waals surface area contributed by atoms with Crippen molar-refractivity contribution in [1.29, 1.82) is 0 Å². The second-order valence-electron chi connectivity index (χ2n) is 5.90. The summed E-state index contributed by atoms with van der Waals surface area (Å²) in [6.07, 6.45) is 4.11. The topological polar surface area (TPSA) is 115 Å². The number of carboxylic acids is 1. The molecule has 2 aromatic carbocycles. The zero-order chi connectivity index (χ0) is 21.9. The number of rotatable bonds is 8. The lowest BCUT2D eigenvalue weighted by atomic mass is 10.2. The Morgan fingerprint density at radius 3 is 2.63 bits per heavy atom. The van der Waals surface area contributed by atoms with Gasteiger partial charge in [-0.3, -0.25) is 4.72 Å². The minimum atomic E-state index is -4.07. The van der Waals surface area contributed by atoms with Crippen molar-refractivity contribution in [3.63, 3.8) is 0 Å². The van der Waals surface area contributed by atoms with Crippen molar-refractivity contribution in [3.8, 4) is 11.5 Å². The van der Waals surface area contributed by atoms with Crippen LogP contribution >= 0.6 is 23.1 Å². The van der Waals surface area contributed by atoms with Crippen molar-refractivity contribution in [1.82, 2.24) is 4.98 Å². The van der Waals surface area contributed by atoms with Gasteiger partial charge < -0.3 is 14.6 Å². The molecule has 0 spiro atoms. The molecule has 0 aliphatic carbocycles. The molecule has 30 heavy (non-hydrogen) atoms. The van der Waals surface area contributed by atoms with E-state index in [-0.39, 0.29) is 16.4 Å². The number of carboxylic acid groups (broad SMARTS) is 1. The van der Waals surface area contributed by atoms with Crippen LogP contribution < -0.4 is 14.2 Å². The largest absolute Gasteiger partial charge is 0.493 e. The standard InChI is InChI=1S/C19H18N2O6S3/c1-26-14-8-11(4-7-17(22)23)9-16(18(14)27-2)30(24,25)21-12-5-6-13-15(10-12)29-19(20-13)28-3/h4-10,21H,1-3H3,(H,22,23)/b7-4+. The number of sulfonamides is 1. The van der Waals surface area contributed by atoms with Crippen LogP contribution in [-0.4, -0.2) is 45.0 Å². The predicted octanol–water partition coefficient (Wildman–Crippen LogP) is 3.93. The van der Waals surface area contributed by atoms with Gasteiger partial charge in [-0.15, -0.1) is 11.3 Å².